The maximum Gasteiger partial charge on any atom is 0.155 e. The smallest absolute Gasteiger partial charge is 0.155 e. The van der Waals surface area contributed by atoms with Gasteiger partial charge in [-0.3, -0.25) is 4.79 Å². The second kappa shape index (κ2) is 4.04. The second-order valence-electron chi connectivity index (χ2n) is 2.40. The highest BCUT2D eigenvalue weighted by atomic mass is 16.1. The maximum absolute atomic E-state index is 10.7. The Morgan fingerprint density at radius 2 is 2.10 bits per heavy atom. The van der Waals surface area contributed by atoms with E-state index in [0.717, 1.165) is 0 Å². The highest BCUT2D eigenvalue weighted by Gasteiger charge is 2.05. The van der Waals surface area contributed by atoms with Crippen LogP contribution >= 0.6 is 0 Å². The number of carbonyl (C=O) groups excluding carboxylic acids is 1. The third-order valence-electron chi connectivity index (χ3n) is 1.48. The number of hydrogen-bond acceptors (Lipinski definition) is 1. The molecule has 1 heteroatoms. The van der Waals surface area contributed by atoms with Crippen molar-refractivity contribution in [2.45, 2.75) is 20.8 Å². The minimum absolute atomic E-state index is 0.0746. The maximum atomic E-state index is 10.7. The molecule has 0 bridgehead atoms. The Balaban J connectivity index is 4.08. The highest BCUT2D eigenvalue weighted by molar-refractivity contribution is 5.93. The van der Waals surface area contributed by atoms with Gasteiger partial charge in [-0.1, -0.05) is 25.7 Å². The second-order valence-corrected chi connectivity index (χ2v) is 2.40. The molecule has 0 N–H and O–H groups in total. The average Bonchev–Trinajstić information content (AvgIpc) is 1.87. The highest BCUT2D eigenvalue weighted by Crippen LogP contribution is 2.09. The van der Waals surface area contributed by atoms with Crippen LogP contribution in [-0.4, -0.2) is 5.78 Å². The molecule has 0 aliphatic carbocycles. The zero-order valence-corrected chi connectivity index (χ0v) is 6.85. The van der Waals surface area contributed by atoms with Crippen LogP contribution in [0.25, 0.3) is 0 Å². The van der Waals surface area contributed by atoms with Gasteiger partial charge >= 0.3 is 0 Å². The number of Topliss-reactive ketones (excluding diaryl/α,β-unsaturated/α-hetero) is 1. The van der Waals surface area contributed by atoms with Gasteiger partial charge in [0.25, 0.3) is 0 Å². The molecule has 0 spiro atoms. The summed E-state index contributed by atoms with van der Waals surface area (Å²) < 4.78 is 0. The monoisotopic (exact) mass is 138 g/mol. The average molecular weight is 138 g/mol. The molecule has 0 saturated heterocycles. The van der Waals surface area contributed by atoms with E-state index in [1.807, 2.05) is 26.0 Å². The van der Waals surface area contributed by atoms with Gasteiger partial charge in [-0.25, -0.2) is 0 Å². The van der Waals surface area contributed by atoms with Crippen LogP contribution in [-0.2, 0) is 4.79 Å². The summed E-state index contributed by atoms with van der Waals surface area (Å²) in [6, 6.07) is 0. The fourth-order valence-electron chi connectivity index (χ4n) is 0.725. The Morgan fingerprint density at radius 1 is 1.60 bits per heavy atom. The summed E-state index contributed by atoms with van der Waals surface area (Å²) in [6.45, 7) is 9.11. The standard InChI is InChI=1S/C9H14O/c1-5-6-7(2)8(3)9(4)10/h5-7H,3H2,1-2,4H3/b6-5+. The Hall–Kier alpha value is -0.850. The molecule has 1 nitrogen and oxygen atoms in total. The minimum Gasteiger partial charge on any atom is -0.295 e. The largest absolute Gasteiger partial charge is 0.295 e. The molecular weight excluding hydrogens is 124 g/mol. The zero-order chi connectivity index (χ0) is 8.15. The molecule has 1 unspecified atom stereocenters. The van der Waals surface area contributed by atoms with Crippen molar-refractivity contribution in [3.63, 3.8) is 0 Å². The molecule has 56 valence electrons. The predicted molar refractivity (Wildman–Crippen MR) is 43.8 cm³/mol. The molecule has 0 amide bonds. The molecule has 0 aromatic heterocycles. The first kappa shape index (κ1) is 9.15. The lowest BCUT2D eigenvalue weighted by molar-refractivity contribution is -0.113. The van der Waals surface area contributed by atoms with Crippen molar-refractivity contribution in [2.24, 2.45) is 5.92 Å². The SMILES string of the molecule is C=C(C(C)=O)C(C)/C=C/C. The third kappa shape index (κ3) is 2.62. The summed E-state index contributed by atoms with van der Waals surface area (Å²) in [4.78, 5) is 10.7. The van der Waals surface area contributed by atoms with Gasteiger partial charge in [0, 0.05) is 5.92 Å². The van der Waals surface area contributed by atoms with Gasteiger partial charge in [0.1, 0.15) is 0 Å². The van der Waals surface area contributed by atoms with Crippen molar-refractivity contribution >= 4 is 5.78 Å². The van der Waals surface area contributed by atoms with Crippen LogP contribution in [0.5, 0.6) is 0 Å². The van der Waals surface area contributed by atoms with Crippen LogP contribution in [0.4, 0.5) is 0 Å². The molecule has 0 aliphatic heterocycles. The summed E-state index contributed by atoms with van der Waals surface area (Å²) in [5, 5.41) is 0. The number of ketones is 1. The Bertz CT molecular complexity index is 166. The molecule has 10 heavy (non-hydrogen) atoms. The molecule has 0 aromatic carbocycles. The molecule has 0 rings (SSSR count). The summed E-state index contributed by atoms with van der Waals surface area (Å²) in [5.41, 5.74) is 0.679. The van der Waals surface area contributed by atoms with E-state index in [1.54, 1.807) is 6.92 Å². The van der Waals surface area contributed by atoms with E-state index in [0.29, 0.717) is 5.57 Å². The first-order chi connectivity index (χ1) is 4.59. The molecule has 0 fully saturated rings. The van der Waals surface area contributed by atoms with E-state index >= 15 is 0 Å². The number of carbonyl (C=O) groups is 1. The van der Waals surface area contributed by atoms with Crippen LogP contribution < -0.4 is 0 Å². The van der Waals surface area contributed by atoms with E-state index in [1.165, 1.54) is 0 Å². The Morgan fingerprint density at radius 3 is 2.40 bits per heavy atom. The van der Waals surface area contributed by atoms with Gasteiger partial charge in [0.15, 0.2) is 5.78 Å². The van der Waals surface area contributed by atoms with Crippen LogP contribution in [0, 0.1) is 5.92 Å². The van der Waals surface area contributed by atoms with Crippen LogP contribution in [0.2, 0.25) is 0 Å². The fraction of sp³-hybridized carbons (Fsp3) is 0.444. The first-order valence-electron chi connectivity index (χ1n) is 3.42. The van der Waals surface area contributed by atoms with E-state index < -0.39 is 0 Å². The van der Waals surface area contributed by atoms with Crippen molar-refractivity contribution in [3.8, 4) is 0 Å². The first-order valence-corrected chi connectivity index (χ1v) is 3.42. The lowest BCUT2D eigenvalue weighted by Gasteiger charge is -2.04. The normalized spacial score (nSPS) is 13.5. The summed E-state index contributed by atoms with van der Waals surface area (Å²) in [6.07, 6.45) is 3.89. The van der Waals surface area contributed by atoms with Crippen LogP contribution in [0.15, 0.2) is 24.3 Å². The third-order valence-corrected chi connectivity index (χ3v) is 1.48. The van der Waals surface area contributed by atoms with Gasteiger partial charge in [-0.15, -0.1) is 0 Å². The van der Waals surface area contributed by atoms with Crippen LogP contribution in [0.3, 0.4) is 0 Å². The van der Waals surface area contributed by atoms with E-state index in [4.69, 9.17) is 0 Å². The predicted octanol–water partition coefficient (Wildman–Crippen LogP) is 2.34. The number of hydrogen-bond donors (Lipinski definition) is 0. The summed E-state index contributed by atoms with van der Waals surface area (Å²) in [5.74, 6) is 0.257. The van der Waals surface area contributed by atoms with Gasteiger partial charge in [0.2, 0.25) is 0 Å². The van der Waals surface area contributed by atoms with Crippen molar-refractivity contribution in [2.75, 3.05) is 0 Å². The van der Waals surface area contributed by atoms with Gasteiger partial charge in [-0.2, -0.15) is 0 Å². The van der Waals surface area contributed by atoms with Gasteiger partial charge in [0.05, 0.1) is 0 Å². The van der Waals surface area contributed by atoms with E-state index in [9.17, 15) is 4.79 Å². The van der Waals surface area contributed by atoms with E-state index in [2.05, 4.69) is 6.58 Å². The molecular formula is C9H14O. The Kier molecular flexibility index (Phi) is 3.70. The molecule has 1 atom stereocenters. The van der Waals surface area contributed by atoms with Crippen molar-refractivity contribution < 1.29 is 4.79 Å². The molecule has 0 heterocycles. The molecule has 0 aliphatic rings. The van der Waals surface area contributed by atoms with Crippen molar-refractivity contribution in [1.29, 1.82) is 0 Å². The van der Waals surface area contributed by atoms with Gasteiger partial charge < -0.3 is 0 Å². The molecule has 0 saturated carbocycles. The summed E-state index contributed by atoms with van der Waals surface area (Å²) >= 11 is 0. The van der Waals surface area contributed by atoms with Crippen molar-refractivity contribution in [3.05, 3.63) is 24.3 Å². The zero-order valence-electron chi connectivity index (χ0n) is 6.85. The minimum atomic E-state index is 0.0746. The lowest BCUT2D eigenvalue weighted by Crippen LogP contribution is -2.02. The van der Waals surface area contributed by atoms with Crippen LogP contribution in [0.1, 0.15) is 20.8 Å². The molecule has 0 radical (unpaired) electrons. The molecule has 0 aromatic rings. The fourth-order valence-corrected chi connectivity index (χ4v) is 0.725. The summed E-state index contributed by atoms with van der Waals surface area (Å²) in [7, 11) is 0. The topological polar surface area (TPSA) is 17.1 Å². The lowest BCUT2D eigenvalue weighted by atomic mass is 9.99. The van der Waals surface area contributed by atoms with E-state index in [-0.39, 0.29) is 11.7 Å². The van der Waals surface area contributed by atoms with Crippen molar-refractivity contribution in [1.82, 2.24) is 0 Å². The number of rotatable bonds is 3. The number of allylic oxidation sites excluding steroid dienone is 3. The Labute approximate surface area is 62.4 Å². The van der Waals surface area contributed by atoms with Gasteiger partial charge in [-0.05, 0) is 19.4 Å². The quantitative estimate of drug-likeness (QED) is 0.432.